The maximum absolute atomic E-state index is 6.41. The van der Waals surface area contributed by atoms with Crippen LogP contribution in [0, 0.1) is 0 Å². The monoisotopic (exact) mass is 384 g/mol. The molecule has 0 spiro atoms. The van der Waals surface area contributed by atoms with E-state index in [9.17, 15) is 0 Å². The molecule has 0 aliphatic rings. The van der Waals surface area contributed by atoms with Crippen LogP contribution < -0.4 is 5.32 Å². The molecule has 5 heteroatoms. The first-order chi connectivity index (χ1) is 10.1. The standard InChI is InChI=1S/C16H18BrClN2S/c1-3-8-19-11(2)14-6-5-13(9-15(14)18)21-16-7-4-12(17)10-20-16/h4-7,9-11,19H,3,8H2,1-2H3. The number of halogens is 2. The molecule has 1 heterocycles. The van der Waals surface area contributed by atoms with Crippen molar-refractivity contribution in [2.45, 2.75) is 36.2 Å². The Kier molecular flexibility index (Phi) is 6.55. The zero-order valence-electron chi connectivity index (χ0n) is 12.1. The summed E-state index contributed by atoms with van der Waals surface area (Å²) in [7, 11) is 0. The molecule has 2 aromatic rings. The highest BCUT2D eigenvalue weighted by Gasteiger charge is 2.10. The van der Waals surface area contributed by atoms with Gasteiger partial charge >= 0.3 is 0 Å². The molecule has 0 amide bonds. The van der Waals surface area contributed by atoms with E-state index in [1.54, 1.807) is 18.0 Å². The Morgan fingerprint density at radius 3 is 2.76 bits per heavy atom. The van der Waals surface area contributed by atoms with Gasteiger partial charge in [0.2, 0.25) is 0 Å². The SMILES string of the molecule is CCCNC(C)c1ccc(Sc2ccc(Br)cn2)cc1Cl. The lowest BCUT2D eigenvalue weighted by Crippen LogP contribution is -2.19. The van der Waals surface area contributed by atoms with Crippen molar-refractivity contribution in [3.63, 3.8) is 0 Å². The molecule has 1 aromatic heterocycles. The quantitative estimate of drug-likeness (QED) is 0.689. The Balaban J connectivity index is 2.09. The van der Waals surface area contributed by atoms with Gasteiger partial charge in [0.05, 0.1) is 0 Å². The summed E-state index contributed by atoms with van der Waals surface area (Å²) in [5.41, 5.74) is 1.14. The lowest BCUT2D eigenvalue weighted by Gasteiger charge is -2.15. The van der Waals surface area contributed by atoms with Crippen molar-refractivity contribution in [2.24, 2.45) is 0 Å². The lowest BCUT2D eigenvalue weighted by atomic mass is 10.1. The summed E-state index contributed by atoms with van der Waals surface area (Å²) in [6, 6.07) is 10.4. The molecule has 0 radical (unpaired) electrons. The van der Waals surface area contributed by atoms with Gasteiger partial charge in [0.15, 0.2) is 0 Å². The summed E-state index contributed by atoms with van der Waals surface area (Å²) >= 11 is 11.4. The van der Waals surface area contributed by atoms with E-state index < -0.39 is 0 Å². The predicted octanol–water partition coefficient (Wildman–Crippen LogP) is 5.71. The molecular formula is C16H18BrClN2S. The van der Waals surface area contributed by atoms with Crippen LogP contribution in [0.5, 0.6) is 0 Å². The number of hydrogen-bond donors (Lipinski definition) is 1. The van der Waals surface area contributed by atoms with Crippen LogP contribution in [0.25, 0.3) is 0 Å². The normalized spacial score (nSPS) is 12.4. The number of pyridine rings is 1. The van der Waals surface area contributed by atoms with Crippen molar-refractivity contribution < 1.29 is 0 Å². The van der Waals surface area contributed by atoms with Crippen LogP contribution in [0.15, 0.2) is 50.9 Å². The Bertz CT molecular complexity index is 589. The minimum Gasteiger partial charge on any atom is -0.310 e. The minimum absolute atomic E-state index is 0.266. The van der Waals surface area contributed by atoms with Crippen LogP contribution in [-0.2, 0) is 0 Å². The highest BCUT2D eigenvalue weighted by atomic mass is 79.9. The van der Waals surface area contributed by atoms with Crippen LogP contribution in [0.2, 0.25) is 5.02 Å². The van der Waals surface area contributed by atoms with E-state index in [0.29, 0.717) is 0 Å². The van der Waals surface area contributed by atoms with Crippen molar-refractivity contribution in [2.75, 3.05) is 6.54 Å². The Labute approximate surface area is 143 Å². The molecule has 1 aromatic carbocycles. The third-order valence-corrected chi connectivity index (χ3v) is 4.80. The third kappa shape index (κ3) is 4.99. The van der Waals surface area contributed by atoms with E-state index in [2.05, 4.69) is 52.2 Å². The third-order valence-electron chi connectivity index (χ3n) is 3.06. The van der Waals surface area contributed by atoms with Crippen molar-refractivity contribution in [1.29, 1.82) is 0 Å². The van der Waals surface area contributed by atoms with Crippen molar-refractivity contribution in [1.82, 2.24) is 10.3 Å². The molecule has 1 N–H and O–H groups in total. The fourth-order valence-electron chi connectivity index (χ4n) is 1.94. The molecule has 21 heavy (non-hydrogen) atoms. The van der Waals surface area contributed by atoms with Crippen LogP contribution >= 0.6 is 39.3 Å². The number of hydrogen-bond acceptors (Lipinski definition) is 3. The first-order valence-corrected chi connectivity index (χ1v) is 8.91. The summed E-state index contributed by atoms with van der Waals surface area (Å²) in [6.45, 7) is 5.29. The predicted molar refractivity (Wildman–Crippen MR) is 94.2 cm³/mol. The van der Waals surface area contributed by atoms with Crippen molar-refractivity contribution in [3.8, 4) is 0 Å². The molecule has 2 nitrogen and oxygen atoms in total. The van der Waals surface area contributed by atoms with Gasteiger partial charge in [-0.15, -0.1) is 0 Å². The van der Waals surface area contributed by atoms with Gasteiger partial charge in [-0.25, -0.2) is 4.98 Å². The molecule has 0 fully saturated rings. The van der Waals surface area contributed by atoms with E-state index in [4.69, 9.17) is 11.6 Å². The summed E-state index contributed by atoms with van der Waals surface area (Å²) in [5.74, 6) is 0. The van der Waals surface area contributed by atoms with Crippen molar-refractivity contribution >= 4 is 39.3 Å². The molecule has 0 bridgehead atoms. The molecule has 0 aliphatic heterocycles. The highest BCUT2D eigenvalue weighted by Crippen LogP contribution is 2.32. The molecular weight excluding hydrogens is 368 g/mol. The first-order valence-electron chi connectivity index (χ1n) is 6.92. The lowest BCUT2D eigenvalue weighted by molar-refractivity contribution is 0.570. The highest BCUT2D eigenvalue weighted by molar-refractivity contribution is 9.10. The fourth-order valence-corrected chi connectivity index (χ4v) is 3.38. The molecule has 1 atom stereocenters. The van der Waals surface area contributed by atoms with Gasteiger partial charge in [-0.05, 0) is 65.6 Å². The minimum atomic E-state index is 0.266. The Morgan fingerprint density at radius 1 is 1.33 bits per heavy atom. The van der Waals surface area contributed by atoms with E-state index in [-0.39, 0.29) is 6.04 Å². The molecule has 0 saturated heterocycles. The summed E-state index contributed by atoms with van der Waals surface area (Å²) in [4.78, 5) is 5.46. The van der Waals surface area contributed by atoms with Crippen LogP contribution in [0.1, 0.15) is 31.9 Å². The van der Waals surface area contributed by atoms with Crippen LogP contribution in [0.3, 0.4) is 0 Å². The maximum atomic E-state index is 6.41. The van der Waals surface area contributed by atoms with Gasteiger partial charge in [0.25, 0.3) is 0 Å². The maximum Gasteiger partial charge on any atom is 0.101 e. The zero-order chi connectivity index (χ0) is 15.2. The Hall–Kier alpha value is -0.550. The van der Waals surface area contributed by atoms with Gasteiger partial charge in [-0.1, -0.05) is 36.4 Å². The van der Waals surface area contributed by atoms with E-state index >= 15 is 0 Å². The summed E-state index contributed by atoms with van der Waals surface area (Å²) in [6.07, 6.45) is 2.92. The van der Waals surface area contributed by atoms with Gasteiger partial charge in [0, 0.05) is 26.6 Å². The molecule has 0 saturated carbocycles. The summed E-state index contributed by atoms with van der Waals surface area (Å²) < 4.78 is 0.982. The second kappa shape index (κ2) is 8.18. The molecule has 2 rings (SSSR count). The van der Waals surface area contributed by atoms with E-state index in [1.807, 2.05) is 18.2 Å². The average Bonchev–Trinajstić information content (AvgIpc) is 2.47. The van der Waals surface area contributed by atoms with Gasteiger partial charge in [0.1, 0.15) is 5.03 Å². The zero-order valence-corrected chi connectivity index (χ0v) is 15.2. The largest absolute Gasteiger partial charge is 0.310 e. The van der Waals surface area contributed by atoms with Crippen molar-refractivity contribution in [3.05, 3.63) is 51.6 Å². The van der Waals surface area contributed by atoms with E-state index in [1.165, 1.54) is 0 Å². The number of nitrogens with zero attached hydrogens (tertiary/aromatic N) is 1. The topological polar surface area (TPSA) is 24.9 Å². The fraction of sp³-hybridized carbons (Fsp3) is 0.312. The second-order valence-corrected chi connectivity index (χ2v) is 7.19. The Morgan fingerprint density at radius 2 is 2.14 bits per heavy atom. The number of benzene rings is 1. The van der Waals surface area contributed by atoms with Gasteiger partial charge < -0.3 is 5.32 Å². The summed E-state index contributed by atoms with van der Waals surface area (Å²) in [5, 5.41) is 5.21. The number of rotatable bonds is 6. The number of nitrogens with one attached hydrogen (secondary N) is 1. The molecule has 1 unspecified atom stereocenters. The first kappa shape index (κ1) is 16.8. The number of aromatic nitrogens is 1. The smallest absolute Gasteiger partial charge is 0.101 e. The van der Waals surface area contributed by atoms with Crippen LogP contribution in [-0.4, -0.2) is 11.5 Å². The molecule has 0 aliphatic carbocycles. The second-order valence-electron chi connectivity index (χ2n) is 4.78. The van der Waals surface area contributed by atoms with E-state index in [0.717, 1.165) is 37.9 Å². The van der Waals surface area contributed by atoms with Gasteiger partial charge in [-0.2, -0.15) is 0 Å². The van der Waals surface area contributed by atoms with Crippen LogP contribution in [0.4, 0.5) is 0 Å². The molecule has 112 valence electrons. The average molecular weight is 386 g/mol. The van der Waals surface area contributed by atoms with Gasteiger partial charge in [-0.3, -0.25) is 0 Å².